The molecule has 2 amide bonds. The van der Waals surface area contributed by atoms with Gasteiger partial charge < -0.3 is 15.2 Å². The number of nitrogens with zero attached hydrogens (tertiary/aromatic N) is 1. The summed E-state index contributed by atoms with van der Waals surface area (Å²) in [6.45, 7) is 1.39. The molecule has 2 N–H and O–H groups in total. The van der Waals surface area contributed by atoms with Gasteiger partial charge in [-0.05, 0) is 36.6 Å². The Labute approximate surface area is 162 Å². The summed E-state index contributed by atoms with van der Waals surface area (Å²) in [5.74, 6) is -1.29. The lowest BCUT2D eigenvalue weighted by Gasteiger charge is -2.24. The number of fused-ring (bicyclic) bond motifs is 1. The van der Waals surface area contributed by atoms with E-state index in [1.54, 1.807) is 11.0 Å². The molecule has 3 aromatic rings. The molecule has 144 valence electrons. The molecular formula is C22H22FN3O2. The molecular weight excluding hydrogens is 357 g/mol. The molecule has 2 aromatic carbocycles. The van der Waals surface area contributed by atoms with E-state index in [9.17, 15) is 14.0 Å². The third kappa shape index (κ3) is 3.63. The standard InChI is InChI=1S/C22H22FN3O2/c23-18-9-3-1-8-17(18)21(27)25-20(22(28)26-11-5-6-12-26)13-15-14-24-19-10-4-2-7-16(15)19/h1-4,7-10,14,20,24H,5-6,11-13H2,(H,25,27)/t20-/m0/s1. The van der Waals surface area contributed by atoms with E-state index in [4.69, 9.17) is 0 Å². The van der Waals surface area contributed by atoms with Gasteiger partial charge in [0.2, 0.25) is 5.91 Å². The summed E-state index contributed by atoms with van der Waals surface area (Å²) in [7, 11) is 0. The smallest absolute Gasteiger partial charge is 0.254 e. The van der Waals surface area contributed by atoms with Crippen LogP contribution in [-0.4, -0.2) is 40.8 Å². The average Bonchev–Trinajstić information content (AvgIpc) is 3.38. The number of halogens is 1. The van der Waals surface area contributed by atoms with Crippen LogP contribution in [-0.2, 0) is 11.2 Å². The first-order valence-corrected chi connectivity index (χ1v) is 9.52. The fraction of sp³-hybridized carbons (Fsp3) is 0.273. The number of amides is 2. The van der Waals surface area contributed by atoms with Gasteiger partial charge in [0.25, 0.3) is 5.91 Å². The Morgan fingerprint density at radius 3 is 2.57 bits per heavy atom. The van der Waals surface area contributed by atoms with Gasteiger partial charge in [-0.1, -0.05) is 30.3 Å². The van der Waals surface area contributed by atoms with Crippen molar-refractivity contribution in [3.05, 3.63) is 71.7 Å². The first-order valence-electron chi connectivity index (χ1n) is 9.52. The van der Waals surface area contributed by atoms with E-state index in [0.717, 1.165) is 29.3 Å². The molecule has 1 fully saturated rings. The number of hydrogen-bond donors (Lipinski definition) is 2. The molecule has 0 saturated carbocycles. The summed E-state index contributed by atoms with van der Waals surface area (Å²) in [6, 6.07) is 12.9. The number of rotatable bonds is 5. The number of H-pyrrole nitrogens is 1. The molecule has 1 atom stereocenters. The van der Waals surface area contributed by atoms with E-state index in [0.29, 0.717) is 19.5 Å². The summed E-state index contributed by atoms with van der Waals surface area (Å²) in [5, 5.41) is 3.79. The van der Waals surface area contributed by atoms with Crippen LogP contribution >= 0.6 is 0 Å². The van der Waals surface area contributed by atoms with E-state index in [-0.39, 0.29) is 11.5 Å². The maximum atomic E-state index is 14.0. The average molecular weight is 379 g/mol. The predicted octanol–water partition coefficient (Wildman–Crippen LogP) is 3.27. The van der Waals surface area contributed by atoms with Gasteiger partial charge in [0.1, 0.15) is 11.9 Å². The molecule has 1 aliphatic rings. The third-order valence-corrected chi connectivity index (χ3v) is 5.24. The lowest BCUT2D eigenvalue weighted by Crippen LogP contribution is -2.49. The van der Waals surface area contributed by atoms with Crippen molar-refractivity contribution in [2.75, 3.05) is 13.1 Å². The Kier molecular flexibility index (Phi) is 5.10. The van der Waals surface area contributed by atoms with Crippen LogP contribution in [0.25, 0.3) is 10.9 Å². The Bertz CT molecular complexity index is 1010. The van der Waals surface area contributed by atoms with Gasteiger partial charge in [0, 0.05) is 36.6 Å². The summed E-state index contributed by atoms with van der Waals surface area (Å²) >= 11 is 0. The second-order valence-electron chi connectivity index (χ2n) is 7.10. The monoisotopic (exact) mass is 379 g/mol. The Hall–Kier alpha value is -3.15. The number of likely N-dealkylation sites (tertiary alicyclic amines) is 1. The zero-order chi connectivity index (χ0) is 19.5. The van der Waals surface area contributed by atoms with Crippen LogP contribution in [0, 0.1) is 5.82 Å². The van der Waals surface area contributed by atoms with Crippen LogP contribution in [0.1, 0.15) is 28.8 Å². The van der Waals surface area contributed by atoms with Crippen LogP contribution < -0.4 is 5.32 Å². The molecule has 0 spiro atoms. The third-order valence-electron chi connectivity index (χ3n) is 5.24. The zero-order valence-corrected chi connectivity index (χ0v) is 15.5. The van der Waals surface area contributed by atoms with Crippen molar-refractivity contribution in [3.63, 3.8) is 0 Å². The molecule has 0 aliphatic carbocycles. The number of aromatic nitrogens is 1. The molecule has 0 radical (unpaired) electrons. The summed E-state index contributed by atoms with van der Waals surface area (Å²) < 4.78 is 14.0. The van der Waals surface area contributed by atoms with Crippen molar-refractivity contribution in [3.8, 4) is 0 Å². The summed E-state index contributed by atoms with van der Waals surface area (Å²) in [6.07, 6.45) is 4.14. The molecule has 2 heterocycles. The normalized spacial score (nSPS) is 15.0. The molecule has 0 unspecified atom stereocenters. The SMILES string of the molecule is O=C(N[C@@H](Cc1c[nH]c2ccccc12)C(=O)N1CCCC1)c1ccccc1F. The molecule has 28 heavy (non-hydrogen) atoms. The largest absolute Gasteiger partial charge is 0.361 e. The van der Waals surface area contributed by atoms with Gasteiger partial charge >= 0.3 is 0 Å². The van der Waals surface area contributed by atoms with E-state index >= 15 is 0 Å². The number of carbonyl (C=O) groups is 2. The highest BCUT2D eigenvalue weighted by Gasteiger charge is 2.29. The van der Waals surface area contributed by atoms with E-state index in [2.05, 4.69) is 10.3 Å². The predicted molar refractivity (Wildman–Crippen MR) is 105 cm³/mol. The Morgan fingerprint density at radius 2 is 1.79 bits per heavy atom. The molecule has 5 nitrogen and oxygen atoms in total. The number of nitrogens with one attached hydrogen (secondary N) is 2. The summed E-state index contributed by atoms with van der Waals surface area (Å²) in [4.78, 5) is 30.7. The van der Waals surface area contributed by atoms with Crippen LogP contribution in [0.15, 0.2) is 54.7 Å². The van der Waals surface area contributed by atoms with E-state index < -0.39 is 17.8 Å². The quantitative estimate of drug-likeness (QED) is 0.715. The number of carbonyl (C=O) groups excluding carboxylic acids is 2. The van der Waals surface area contributed by atoms with Crippen molar-refractivity contribution in [1.29, 1.82) is 0 Å². The van der Waals surface area contributed by atoms with Crippen molar-refractivity contribution < 1.29 is 14.0 Å². The maximum Gasteiger partial charge on any atom is 0.254 e. The zero-order valence-electron chi connectivity index (χ0n) is 15.5. The fourth-order valence-corrected chi connectivity index (χ4v) is 3.76. The van der Waals surface area contributed by atoms with Gasteiger partial charge in [-0.25, -0.2) is 4.39 Å². The van der Waals surface area contributed by atoms with E-state index in [1.807, 2.05) is 30.5 Å². The minimum atomic E-state index is -0.746. The van der Waals surface area contributed by atoms with Crippen LogP contribution in [0.4, 0.5) is 4.39 Å². The van der Waals surface area contributed by atoms with Gasteiger partial charge in [-0.2, -0.15) is 0 Å². The van der Waals surface area contributed by atoms with Crippen molar-refractivity contribution in [2.24, 2.45) is 0 Å². The number of para-hydroxylation sites is 1. The minimum absolute atomic E-state index is 0.0550. The van der Waals surface area contributed by atoms with Crippen LogP contribution in [0.2, 0.25) is 0 Å². The maximum absolute atomic E-state index is 14.0. The number of aromatic amines is 1. The highest BCUT2D eigenvalue weighted by molar-refractivity contribution is 5.98. The van der Waals surface area contributed by atoms with Gasteiger partial charge in [0.15, 0.2) is 0 Å². The second-order valence-corrected chi connectivity index (χ2v) is 7.10. The highest BCUT2D eigenvalue weighted by atomic mass is 19.1. The first-order chi connectivity index (χ1) is 13.6. The van der Waals surface area contributed by atoms with Crippen molar-refractivity contribution >= 4 is 22.7 Å². The topological polar surface area (TPSA) is 65.2 Å². The minimum Gasteiger partial charge on any atom is -0.361 e. The van der Waals surface area contributed by atoms with Crippen molar-refractivity contribution in [1.82, 2.24) is 15.2 Å². The molecule has 1 saturated heterocycles. The Balaban J connectivity index is 1.61. The number of benzene rings is 2. The fourth-order valence-electron chi connectivity index (χ4n) is 3.76. The molecule has 1 aromatic heterocycles. The van der Waals surface area contributed by atoms with Crippen molar-refractivity contribution in [2.45, 2.75) is 25.3 Å². The first kappa shape index (κ1) is 18.2. The van der Waals surface area contributed by atoms with Gasteiger partial charge in [0.05, 0.1) is 5.56 Å². The molecule has 1 aliphatic heterocycles. The lowest BCUT2D eigenvalue weighted by molar-refractivity contribution is -0.132. The second kappa shape index (κ2) is 7.84. The number of hydrogen-bond acceptors (Lipinski definition) is 2. The lowest BCUT2D eigenvalue weighted by atomic mass is 10.0. The molecule has 0 bridgehead atoms. The molecule has 4 rings (SSSR count). The van der Waals surface area contributed by atoms with E-state index in [1.165, 1.54) is 18.2 Å². The highest BCUT2D eigenvalue weighted by Crippen LogP contribution is 2.21. The molecule has 6 heteroatoms. The van der Waals surface area contributed by atoms with Gasteiger partial charge in [-0.3, -0.25) is 9.59 Å². The van der Waals surface area contributed by atoms with Crippen LogP contribution in [0.5, 0.6) is 0 Å². The van der Waals surface area contributed by atoms with Gasteiger partial charge in [-0.15, -0.1) is 0 Å². The Morgan fingerprint density at radius 1 is 1.07 bits per heavy atom. The summed E-state index contributed by atoms with van der Waals surface area (Å²) in [5.41, 5.74) is 1.87. The van der Waals surface area contributed by atoms with Crippen LogP contribution in [0.3, 0.4) is 0 Å².